The normalized spacial score (nSPS) is 12.7. The third-order valence-corrected chi connectivity index (χ3v) is 3.61. The standard InChI is InChI=1S/C13H19NO2S/c1-9(2)10-3-5-11(6-4-10)17-8-7-12(14)13(15)16/h3-6,9,12H,7-8,14H2,1-2H3,(H,15,16). The van der Waals surface area contributed by atoms with Crippen molar-refractivity contribution < 1.29 is 9.90 Å². The van der Waals surface area contributed by atoms with Crippen molar-refractivity contribution in [1.82, 2.24) is 0 Å². The first-order chi connectivity index (χ1) is 8.00. The zero-order chi connectivity index (χ0) is 12.8. The molecule has 17 heavy (non-hydrogen) atoms. The van der Waals surface area contributed by atoms with E-state index in [0.29, 0.717) is 12.3 Å². The summed E-state index contributed by atoms with van der Waals surface area (Å²) in [5.74, 6) is 0.337. The zero-order valence-electron chi connectivity index (χ0n) is 10.2. The van der Waals surface area contributed by atoms with Crippen molar-refractivity contribution in [2.75, 3.05) is 5.75 Å². The van der Waals surface area contributed by atoms with Crippen molar-refractivity contribution in [1.29, 1.82) is 0 Å². The Labute approximate surface area is 106 Å². The van der Waals surface area contributed by atoms with Crippen molar-refractivity contribution in [2.45, 2.75) is 37.1 Å². The fraction of sp³-hybridized carbons (Fsp3) is 0.462. The average Bonchev–Trinajstić information content (AvgIpc) is 2.29. The molecule has 0 amide bonds. The molecule has 1 unspecified atom stereocenters. The summed E-state index contributed by atoms with van der Waals surface area (Å²) in [6, 6.07) is 7.63. The van der Waals surface area contributed by atoms with Gasteiger partial charge in [0.05, 0.1) is 0 Å². The molecule has 0 aliphatic carbocycles. The Kier molecular flexibility index (Phi) is 5.51. The highest BCUT2D eigenvalue weighted by molar-refractivity contribution is 7.99. The fourth-order valence-electron chi connectivity index (χ4n) is 1.38. The van der Waals surface area contributed by atoms with E-state index in [9.17, 15) is 4.79 Å². The molecule has 0 radical (unpaired) electrons. The quantitative estimate of drug-likeness (QED) is 0.765. The summed E-state index contributed by atoms with van der Waals surface area (Å²) >= 11 is 1.64. The summed E-state index contributed by atoms with van der Waals surface area (Å²) in [7, 11) is 0. The van der Waals surface area contributed by atoms with Crippen LogP contribution in [0.15, 0.2) is 29.2 Å². The molecule has 0 aliphatic heterocycles. The van der Waals surface area contributed by atoms with E-state index in [1.165, 1.54) is 5.56 Å². The van der Waals surface area contributed by atoms with Crippen molar-refractivity contribution in [3.8, 4) is 0 Å². The molecule has 0 aromatic heterocycles. The Balaban J connectivity index is 2.40. The molecule has 4 heteroatoms. The Morgan fingerprint density at radius 2 is 1.94 bits per heavy atom. The fourth-order valence-corrected chi connectivity index (χ4v) is 2.31. The van der Waals surface area contributed by atoms with E-state index >= 15 is 0 Å². The van der Waals surface area contributed by atoms with E-state index in [1.54, 1.807) is 11.8 Å². The minimum atomic E-state index is -0.930. The van der Waals surface area contributed by atoms with E-state index in [-0.39, 0.29) is 0 Å². The van der Waals surface area contributed by atoms with E-state index in [0.717, 1.165) is 10.6 Å². The number of carbonyl (C=O) groups is 1. The van der Waals surface area contributed by atoms with Gasteiger partial charge in [-0.15, -0.1) is 11.8 Å². The van der Waals surface area contributed by atoms with E-state index in [4.69, 9.17) is 10.8 Å². The minimum absolute atomic E-state index is 0.492. The summed E-state index contributed by atoms with van der Waals surface area (Å²) in [6.45, 7) is 4.32. The summed E-state index contributed by atoms with van der Waals surface area (Å²) in [4.78, 5) is 11.7. The molecule has 0 heterocycles. The lowest BCUT2D eigenvalue weighted by atomic mass is 10.0. The van der Waals surface area contributed by atoms with Gasteiger partial charge in [-0.25, -0.2) is 0 Å². The molecule has 0 fully saturated rings. The molecule has 1 rings (SSSR count). The predicted octanol–water partition coefficient (Wildman–Crippen LogP) is 2.70. The van der Waals surface area contributed by atoms with Crippen molar-refractivity contribution in [3.05, 3.63) is 29.8 Å². The summed E-state index contributed by atoms with van der Waals surface area (Å²) < 4.78 is 0. The first-order valence-electron chi connectivity index (χ1n) is 5.72. The van der Waals surface area contributed by atoms with Crippen LogP contribution in [0.25, 0.3) is 0 Å². The molecule has 0 spiro atoms. The van der Waals surface area contributed by atoms with Gasteiger partial charge in [-0.1, -0.05) is 26.0 Å². The van der Waals surface area contributed by atoms with Gasteiger partial charge in [-0.3, -0.25) is 4.79 Å². The highest BCUT2D eigenvalue weighted by Crippen LogP contribution is 2.22. The Hall–Kier alpha value is -1.00. The smallest absolute Gasteiger partial charge is 0.320 e. The maximum absolute atomic E-state index is 10.5. The number of carboxylic acid groups (broad SMARTS) is 1. The highest BCUT2D eigenvalue weighted by Gasteiger charge is 2.10. The predicted molar refractivity (Wildman–Crippen MR) is 71.5 cm³/mol. The van der Waals surface area contributed by atoms with Crippen LogP contribution in [-0.4, -0.2) is 22.9 Å². The molecule has 94 valence electrons. The number of rotatable bonds is 6. The van der Waals surface area contributed by atoms with Crippen LogP contribution < -0.4 is 5.73 Å². The number of benzene rings is 1. The van der Waals surface area contributed by atoms with Crippen LogP contribution in [0.4, 0.5) is 0 Å². The molecular formula is C13H19NO2S. The Bertz CT molecular complexity index is 362. The van der Waals surface area contributed by atoms with E-state index in [1.807, 2.05) is 0 Å². The second-order valence-electron chi connectivity index (χ2n) is 4.31. The lowest BCUT2D eigenvalue weighted by Gasteiger charge is -2.08. The maximum atomic E-state index is 10.5. The lowest BCUT2D eigenvalue weighted by Crippen LogP contribution is -2.30. The van der Waals surface area contributed by atoms with Gasteiger partial charge in [0, 0.05) is 10.6 Å². The first-order valence-corrected chi connectivity index (χ1v) is 6.70. The molecule has 3 N–H and O–H groups in total. The topological polar surface area (TPSA) is 63.3 Å². The molecule has 3 nitrogen and oxygen atoms in total. The first kappa shape index (κ1) is 14.1. The molecule has 0 saturated heterocycles. The molecule has 1 aromatic carbocycles. The number of hydrogen-bond donors (Lipinski definition) is 2. The van der Waals surface area contributed by atoms with Gasteiger partial charge in [0.2, 0.25) is 0 Å². The second-order valence-corrected chi connectivity index (χ2v) is 5.47. The van der Waals surface area contributed by atoms with Crippen molar-refractivity contribution in [2.24, 2.45) is 5.73 Å². The van der Waals surface area contributed by atoms with Gasteiger partial charge in [0.1, 0.15) is 6.04 Å². The van der Waals surface area contributed by atoms with Crippen LogP contribution in [-0.2, 0) is 4.79 Å². The molecule has 0 saturated carbocycles. The number of nitrogens with two attached hydrogens (primary N) is 1. The number of aliphatic carboxylic acids is 1. The largest absolute Gasteiger partial charge is 0.480 e. The third kappa shape index (κ3) is 4.79. The van der Waals surface area contributed by atoms with Gasteiger partial charge in [-0.2, -0.15) is 0 Å². The highest BCUT2D eigenvalue weighted by atomic mass is 32.2. The lowest BCUT2D eigenvalue weighted by molar-refractivity contribution is -0.138. The minimum Gasteiger partial charge on any atom is -0.480 e. The van der Waals surface area contributed by atoms with Gasteiger partial charge < -0.3 is 10.8 Å². The van der Waals surface area contributed by atoms with E-state index in [2.05, 4.69) is 38.1 Å². The van der Waals surface area contributed by atoms with Crippen LogP contribution in [0.1, 0.15) is 31.7 Å². The van der Waals surface area contributed by atoms with Gasteiger partial charge in [-0.05, 0) is 30.0 Å². The monoisotopic (exact) mass is 253 g/mol. The molecule has 0 bridgehead atoms. The van der Waals surface area contributed by atoms with Crippen LogP contribution in [0.2, 0.25) is 0 Å². The Morgan fingerprint density at radius 1 is 1.35 bits per heavy atom. The van der Waals surface area contributed by atoms with Gasteiger partial charge >= 0.3 is 5.97 Å². The molecule has 1 atom stereocenters. The summed E-state index contributed by atoms with van der Waals surface area (Å²) in [5.41, 5.74) is 6.75. The molecule has 1 aromatic rings. The van der Waals surface area contributed by atoms with E-state index < -0.39 is 12.0 Å². The summed E-state index contributed by atoms with van der Waals surface area (Å²) in [5, 5.41) is 8.64. The van der Waals surface area contributed by atoms with Gasteiger partial charge in [0.15, 0.2) is 0 Å². The van der Waals surface area contributed by atoms with Crippen LogP contribution >= 0.6 is 11.8 Å². The second kappa shape index (κ2) is 6.67. The van der Waals surface area contributed by atoms with Crippen molar-refractivity contribution in [3.63, 3.8) is 0 Å². The molecule has 0 aliphatic rings. The SMILES string of the molecule is CC(C)c1ccc(SCCC(N)C(=O)O)cc1. The van der Waals surface area contributed by atoms with Crippen molar-refractivity contribution >= 4 is 17.7 Å². The van der Waals surface area contributed by atoms with Crippen LogP contribution in [0.3, 0.4) is 0 Å². The zero-order valence-corrected chi connectivity index (χ0v) is 11.0. The number of hydrogen-bond acceptors (Lipinski definition) is 3. The number of carboxylic acids is 1. The average molecular weight is 253 g/mol. The summed E-state index contributed by atoms with van der Waals surface area (Å²) in [6.07, 6.45) is 0.492. The molecular weight excluding hydrogens is 234 g/mol. The Morgan fingerprint density at radius 3 is 2.41 bits per heavy atom. The number of thioether (sulfide) groups is 1. The van der Waals surface area contributed by atoms with Gasteiger partial charge in [0.25, 0.3) is 0 Å². The van der Waals surface area contributed by atoms with Crippen LogP contribution in [0.5, 0.6) is 0 Å². The third-order valence-electron chi connectivity index (χ3n) is 2.56. The maximum Gasteiger partial charge on any atom is 0.320 e. The van der Waals surface area contributed by atoms with Crippen LogP contribution in [0, 0.1) is 0 Å².